The Bertz CT molecular complexity index is 849. The molecule has 140 valence electrons. The van der Waals surface area contributed by atoms with E-state index < -0.39 is 0 Å². The van der Waals surface area contributed by atoms with Crippen LogP contribution >= 0.6 is 0 Å². The van der Waals surface area contributed by atoms with Crippen molar-refractivity contribution < 1.29 is 14.4 Å². The number of rotatable bonds is 5. The molecule has 2 aromatic rings. The molecule has 27 heavy (non-hydrogen) atoms. The van der Waals surface area contributed by atoms with Gasteiger partial charge in [0.25, 0.3) is 5.91 Å². The summed E-state index contributed by atoms with van der Waals surface area (Å²) in [5.74, 6) is -0.364. The Morgan fingerprint density at radius 3 is 2.63 bits per heavy atom. The highest BCUT2D eigenvalue weighted by Crippen LogP contribution is 2.16. The average Bonchev–Trinajstić information content (AvgIpc) is 2.66. The van der Waals surface area contributed by atoms with Crippen molar-refractivity contribution in [1.82, 2.24) is 10.6 Å². The van der Waals surface area contributed by atoms with Crippen molar-refractivity contribution in [2.75, 3.05) is 29.9 Å². The van der Waals surface area contributed by atoms with Crippen LogP contribution in [0.15, 0.2) is 48.5 Å². The topological polar surface area (TPSA) is 90.5 Å². The lowest BCUT2D eigenvalue weighted by atomic mass is 10.1. The molecule has 0 spiro atoms. The van der Waals surface area contributed by atoms with Crippen molar-refractivity contribution in [3.8, 4) is 0 Å². The van der Waals surface area contributed by atoms with Gasteiger partial charge in [0.15, 0.2) is 0 Å². The van der Waals surface area contributed by atoms with E-state index in [4.69, 9.17) is 0 Å². The standard InChI is InChI=1S/C20H22N4O3/c1-14(25)23-17-4-2-3-16(11-17)20(27)22-12-15-5-7-18(8-6-15)24-10-9-21-19(26)13-24/h2-8,11H,9-10,12-13H2,1H3,(H,21,26)(H,22,27)(H,23,25). The molecular weight excluding hydrogens is 344 g/mol. The number of hydrogen-bond acceptors (Lipinski definition) is 4. The first-order valence-electron chi connectivity index (χ1n) is 8.78. The Labute approximate surface area is 157 Å². The molecule has 0 radical (unpaired) electrons. The lowest BCUT2D eigenvalue weighted by Gasteiger charge is -2.28. The Balaban J connectivity index is 1.57. The molecule has 0 aromatic heterocycles. The van der Waals surface area contributed by atoms with E-state index in [0.29, 0.717) is 30.9 Å². The number of piperazine rings is 1. The first-order valence-corrected chi connectivity index (χ1v) is 8.78. The highest BCUT2D eigenvalue weighted by Gasteiger charge is 2.16. The largest absolute Gasteiger partial charge is 0.360 e. The third-order valence-corrected chi connectivity index (χ3v) is 4.24. The van der Waals surface area contributed by atoms with Crippen LogP contribution in [0.2, 0.25) is 0 Å². The lowest BCUT2D eigenvalue weighted by Crippen LogP contribution is -2.47. The van der Waals surface area contributed by atoms with Crippen molar-refractivity contribution in [2.24, 2.45) is 0 Å². The molecule has 1 aliphatic heterocycles. The van der Waals surface area contributed by atoms with Gasteiger partial charge in [0.05, 0.1) is 6.54 Å². The monoisotopic (exact) mass is 366 g/mol. The fourth-order valence-corrected chi connectivity index (χ4v) is 2.91. The minimum absolute atomic E-state index is 0.0269. The second-order valence-electron chi connectivity index (χ2n) is 6.38. The number of carbonyl (C=O) groups is 3. The van der Waals surface area contributed by atoms with Crippen LogP contribution in [0, 0.1) is 0 Å². The molecule has 1 fully saturated rings. The van der Waals surface area contributed by atoms with Crippen LogP contribution in [0.1, 0.15) is 22.8 Å². The Hall–Kier alpha value is -3.35. The van der Waals surface area contributed by atoms with Crippen LogP contribution in [-0.4, -0.2) is 37.4 Å². The SMILES string of the molecule is CC(=O)Nc1cccc(C(=O)NCc2ccc(N3CCNC(=O)C3)cc2)c1. The van der Waals surface area contributed by atoms with Crippen LogP contribution in [0.4, 0.5) is 11.4 Å². The maximum Gasteiger partial charge on any atom is 0.251 e. The van der Waals surface area contributed by atoms with Crippen molar-refractivity contribution in [2.45, 2.75) is 13.5 Å². The molecule has 3 amide bonds. The predicted molar refractivity (Wildman–Crippen MR) is 104 cm³/mol. The number of nitrogens with zero attached hydrogens (tertiary/aromatic N) is 1. The van der Waals surface area contributed by atoms with E-state index >= 15 is 0 Å². The second-order valence-corrected chi connectivity index (χ2v) is 6.38. The fourth-order valence-electron chi connectivity index (χ4n) is 2.91. The summed E-state index contributed by atoms with van der Waals surface area (Å²) in [5, 5.41) is 8.34. The van der Waals surface area contributed by atoms with Crippen molar-refractivity contribution in [3.63, 3.8) is 0 Å². The van der Waals surface area contributed by atoms with E-state index in [2.05, 4.69) is 16.0 Å². The summed E-state index contributed by atoms with van der Waals surface area (Å²) in [5.41, 5.74) is 3.02. The highest BCUT2D eigenvalue weighted by atomic mass is 16.2. The first kappa shape index (κ1) is 18.4. The number of anilines is 2. The first-order chi connectivity index (χ1) is 13.0. The van der Waals surface area contributed by atoms with E-state index in [1.165, 1.54) is 6.92 Å². The van der Waals surface area contributed by atoms with E-state index in [1.54, 1.807) is 24.3 Å². The zero-order valence-electron chi connectivity index (χ0n) is 15.1. The minimum Gasteiger partial charge on any atom is -0.360 e. The van der Waals surface area contributed by atoms with Crippen LogP contribution in [0.5, 0.6) is 0 Å². The molecule has 1 saturated heterocycles. The Morgan fingerprint density at radius 2 is 1.93 bits per heavy atom. The van der Waals surface area contributed by atoms with Crippen LogP contribution in [0.3, 0.4) is 0 Å². The molecule has 0 unspecified atom stereocenters. The third-order valence-electron chi connectivity index (χ3n) is 4.24. The molecule has 0 bridgehead atoms. The number of amides is 3. The molecule has 3 rings (SSSR count). The zero-order chi connectivity index (χ0) is 19.2. The molecular formula is C20H22N4O3. The number of nitrogens with one attached hydrogen (secondary N) is 3. The number of hydrogen-bond donors (Lipinski definition) is 3. The molecule has 1 heterocycles. The van der Waals surface area contributed by atoms with Crippen molar-refractivity contribution in [3.05, 3.63) is 59.7 Å². The summed E-state index contributed by atoms with van der Waals surface area (Å²) in [4.78, 5) is 37.0. The zero-order valence-corrected chi connectivity index (χ0v) is 15.1. The molecule has 0 aliphatic carbocycles. The van der Waals surface area contributed by atoms with E-state index in [0.717, 1.165) is 17.8 Å². The van der Waals surface area contributed by atoms with Gasteiger partial charge in [-0.05, 0) is 35.9 Å². The van der Waals surface area contributed by atoms with Gasteiger partial charge in [0, 0.05) is 43.5 Å². The maximum absolute atomic E-state index is 12.3. The summed E-state index contributed by atoms with van der Waals surface area (Å²) >= 11 is 0. The molecule has 1 aliphatic rings. The van der Waals surface area contributed by atoms with Crippen LogP contribution in [0.25, 0.3) is 0 Å². The van der Waals surface area contributed by atoms with Gasteiger partial charge in [0.2, 0.25) is 11.8 Å². The third kappa shape index (κ3) is 5.07. The van der Waals surface area contributed by atoms with Gasteiger partial charge in [-0.25, -0.2) is 0 Å². The molecule has 0 saturated carbocycles. The van der Waals surface area contributed by atoms with Gasteiger partial charge < -0.3 is 20.9 Å². The fraction of sp³-hybridized carbons (Fsp3) is 0.250. The van der Waals surface area contributed by atoms with Gasteiger partial charge in [-0.15, -0.1) is 0 Å². The van der Waals surface area contributed by atoms with Crippen molar-refractivity contribution in [1.29, 1.82) is 0 Å². The molecule has 3 N–H and O–H groups in total. The lowest BCUT2D eigenvalue weighted by molar-refractivity contribution is -0.120. The summed E-state index contributed by atoms with van der Waals surface area (Å²) in [7, 11) is 0. The maximum atomic E-state index is 12.3. The van der Waals surface area contributed by atoms with Crippen LogP contribution in [-0.2, 0) is 16.1 Å². The van der Waals surface area contributed by atoms with Gasteiger partial charge in [-0.3, -0.25) is 14.4 Å². The Morgan fingerprint density at radius 1 is 1.15 bits per heavy atom. The van der Waals surface area contributed by atoms with Gasteiger partial charge in [-0.1, -0.05) is 18.2 Å². The highest BCUT2D eigenvalue weighted by molar-refractivity contribution is 5.96. The normalized spacial score (nSPS) is 13.7. The smallest absolute Gasteiger partial charge is 0.251 e. The quantitative estimate of drug-likeness (QED) is 0.748. The summed E-state index contributed by atoms with van der Waals surface area (Å²) in [6.07, 6.45) is 0. The molecule has 7 nitrogen and oxygen atoms in total. The minimum atomic E-state index is -0.209. The molecule has 2 aromatic carbocycles. The van der Waals surface area contributed by atoms with Crippen molar-refractivity contribution >= 4 is 29.1 Å². The Kier molecular flexibility index (Phi) is 5.71. The van der Waals surface area contributed by atoms with Gasteiger partial charge >= 0.3 is 0 Å². The van der Waals surface area contributed by atoms with Gasteiger partial charge in [0.1, 0.15) is 0 Å². The second kappa shape index (κ2) is 8.35. The number of carbonyl (C=O) groups excluding carboxylic acids is 3. The average molecular weight is 366 g/mol. The van der Waals surface area contributed by atoms with E-state index in [9.17, 15) is 14.4 Å². The van der Waals surface area contributed by atoms with Crippen LogP contribution < -0.4 is 20.9 Å². The van der Waals surface area contributed by atoms with E-state index in [1.807, 2.05) is 29.2 Å². The number of benzene rings is 2. The molecule has 7 heteroatoms. The van der Waals surface area contributed by atoms with E-state index in [-0.39, 0.29) is 17.7 Å². The predicted octanol–water partition coefficient (Wildman–Crippen LogP) is 1.51. The summed E-state index contributed by atoms with van der Waals surface area (Å²) in [6, 6.07) is 14.6. The summed E-state index contributed by atoms with van der Waals surface area (Å²) < 4.78 is 0. The van der Waals surface area contributed by atoms with Gasteiger partial charge in [-0.2, -0.15) is 0 Å². The molecule has 0 atom stereocenters. The summed E-state index contributed by atoms with van der Waals surface area (Å²) in [6.45, 7) is 3.61.